The molecule has 4 N–H and O–H groups in total. The minimum atomic E-state index is -0.874. The second-order valence-electron chi connectivity index (χ2n) is 24.4. The second kappa shape index (κ2) is 24.2. The molecule has 2 aromatic heterocycles. The molecular formula is C67H78N8O7. The van der Waals surface area contributed by atoms with Crippen LogP contribution in [0.2, 0.25) is 0 Å². The summed E-state index contributed by atoms with van der Waals surface area (Å²) in [5.74, 6) is 1.03. The number of carbonyl (C=O) groups is 4. The number of H-pyrrole nitrogens is 2. The molecule has 428 valence electrons. The number of benzene rings is 5. The van der Waals surface area contributed by atoms with Crippen LogP contribution in [0.25, 0.3) is 44.4 Å². The molecule has 5 aromatic carbocycles. The molecule has 7 aromatic rings. The number of nitrogens with one attached hydrogen (secondary N) is 4. The van der Waals surface area contributed by atoms with Gasteiger partial charge in [0.2, 0.25) is 11.8 Å². The van der Waals surface area contributed by atoms with Gasteiger partial charge in [-0.2, -0.15) is 0 Å². The first kappa shape index (κ1) is 57.2. The van der Waals surface area contributed by atoms with Crippen molar-refractivity contribution in [3.8, 4) is 45.0 Å². The van der Waals surface area contributed by atoms with Crippen molar-refractivity contribution >= 4 is 34.9 Å². The monoisotopic (exact) mass is 1110 g/mol. The average molecular weight is 1110 g/mol. The Morgan fingerprint density at radius 1 is 0.720 bits per heavy atom. The fraction of sp³-hybridized carbons (Fsp3) is 0.418. The third-order valence-electron chi connectivity index (χ3n) is 17.0. The summed E-state index contributed by atoms with van der Waals surface area (Å²) < 4.78 is 11.0. The summed E-state index contributed by atoms with van der Waals surface area (Å²) in [6.07, 6.45) is 9.90. The number of hydrogen-bond donors (Lipinski definition) is 4. The molecule has 1 aliphatic heterocycles. The first-order valence-electron chi connectivity index (χ1n) is 29.5. The summed E-state index contributed by atoms with van der Waals surface area (Å²) in [4.78, 5) is 89.7. The molecule has 15 heteroatoms. The minimum absolute atomic E-state index is 0.172. The Bertz CT molecular complexity index is 3490. The van der Waals surface area contributed by atoms with Gasteiger partial charge in [-0.3, -0.25) is 14.4 Å². The molecule has 1 saturated carbocycles. The van der Waals surface area contributed by atoms with Crippen LogP contribution in [0, 0.1) is 22.7 Å². The van der Waals surface area contributed by atoms with E-state index in [1.165, 1.54) is 42.4 Å². The van der Waals surface area contributed by atoms with E-state index in [9.17, 15) is 24.0 Å². The third-order valence-corrected chi connectivity index (χ3v) is 17.0. The van der Waals surface area contributed by atoms with E-state index in [1.54, 1.807) is 53.4 Å². The molecule has 2 aliphatic carbocycles. The Morgan fingerprint density at radius 2 is 1.29 bits per heavy atom. The number of amides is 4. The van der Waals surface area contributed by atoms with Crippen LogP contribution in [0.5, 0.6) is 11.5 Å². The van der Waals surface area contributed by atoms with Crippen molar-refractivity contribution < 1.29 is 28.7 Å². The first-order chi connectivity index (χ1) is 39.4. The zero-order valence-electron chi connectivity index (χ0n) is 48.6. The molecule has 4 amide bonds. The number of hydrogen-bond acceptors (Lipinski definition) is 9. The van der Waals surface area contributed by atoms with E-state index < -0.39 is 30.3 Å². The number of aromatic amines is 2. The second-order valence-corrected chi connectivity index (χ2v) is 24.4. The third kappa shape index (κ3) is 12.2. The molecule has 1 spiro atoms. The lowest BCUT2D eigenvalue weighted by Gasteiger charge is -2.35. The molecule has 1 saturated heterocycles. The van der Waals surface area contributed by atoms with Gasteiger partial charge >= 0.3 is 12.2 Å². The van der Waals surface area contributed by atoms with Crippen LogP contribution in [-0.4, -0.2) is 78.9 Å². The molecule has 2 fully saturated rings. The van der Waals surface area contributed by atoms with Crippen molar-refractivity contribution in [2.75, 3.05) is 13.1 Å². The first-order valence-corrected chi connectivity index (χ1v) is 29.5. The van der Waals surface area contributed by atoms with Crippen molar-refractivity contribution in [1.82, 2.24) is 40.4 Å². The Labute approximate surface area is 481 Å². The van der Waals surface area contributed by atoms with Crippen LogP contribution in [0.4, 0.5) is 9.59 Å². The van der Waals surface area contributed by atoms with Gasteiger partial charge in [-0.05, 0) is 143 Å². The normalized spacial score (nSPS) is 17.2. The Balaban J connectivity index is 0.893. The summed E-state index contributed by atoms with van der Waals surface area (Å²) >= 11 is 0. The molecule has 10 rings (SSSR count). The van der Waals surface area contributed by atoms with Crippen molar-refractivity contribution in [2.24, 2.45) is 22.7 Å². The van der Waals surface area contributed by atoms with Crippen LogP contribution in [0.1, 0.15) is 142 Å². The number of ether oxygens (including phenoxy) is 2. The van der Waals surface area contributed by atoms with E-state index in [4.69, 9.17) is 19.4 Å². The van der Waals surface area contributed by atoms with Crippen LogP contribution >= 0.6 is 0 Å². The number of likely N-dealkylation sites (tertiary alicyclic amines) is 1. The van der Waals surface area contributed by atoms with Gasteiger partial charge < -0.3 is 39.9 Å². The number of carbonyl (C=O) groups excluding carboxylic acids is 4. The lowest BCUT2D eigenvalue weighted by atomic mass is 9.82. The number of imidazole rings is 1. The zero-order chi connectivity index (χ0) is 57.9. The summed E-state index contributed by atoms with van der Waals surface area (Å²) in [6.45, 7) is 16.9. The summed E-state index contributed by atoms with van der Waals surface area (Å²) in [7, 11) is 0. The highest BCUT2D eigenvalue weighted by Crippen LogP contribution is 2.53. The molecule has 82 heavy (non-hydrogen) atoms. The molecule has 0 bridgehead atoms. The minimum Gasteiger partial charge on any atom is -0.410 e. The molecule has 4 atom stereocenters. The smallest absolute Gasteiger partial charge is 0.410 e. The summed E-state index contributed by atoms with van der Waals surface area (Å²) in [6, 6.07) is 34.1. The predicted molar refractivity (Wildman–Crippen MR) is 320 cm³/mol. The van der Waals surface area contributed by atoms with E-state index in [-0.39, 0.29) is 46.1 Å². The number of fused-ring (bicyclic) bond motifs is 2. The van der Waals surface area contributed by atoms with Gasteiger partial charge in [-0.15, -0.1) is 0 Å². The van der Waals surface area contributed by atoms with Crippen molar-refractivity contribution in [1.29, 1.82) is 0 Å². The van der Waals surface area contributed by atoms with Crippen molar-refractivity contribution in [3.63, 3.8) is 0 Å². The van der Waals surface area contributed by atoms with Gasteiger partial charge in [0.05, 0.1) is 34.9 Å². The predicted octanol–water partition coefficient (Wildman–Crippen LogP) is 13.3. The van der Waals surface area contributed by atoms with Crippen molar-refractivity contribution in [3.05, 3.63) is 155 Å². The standard InChI is InChI=1S/C67H78N8O7/c1-9-19-55(74(34-10-2)62(77)57(41(3)4)71-64(79)81-46-20-13-11-14-21-46)60-69-53-31-28-45(35-50(53)61(76)73-60)49-30-29-48(51-36-67(37-52(49)51)32-17-18-33-67)43-24-26-44(27-25-43)54-39-68-59(70-54)56-38-66(7,8)40-75(56)63(78)58(42(5)6)72-65(80)82-47-22-15-12-16-23-47/h11-16,20-31,35,39,41-42,55-58H,9-10,17-19,32-34,36-38,40H2,1-8H3,(H,68,70)(H,71,79)(H,72,80)(H,69,73,76)/t55-,56-,57-,58-/m0/s1. The van der Waals surface area contributed by atoms with Gasteiger partial charge in [0.1, 0.15) is 35.2 Å². The van der Waals surface area contributed by atoms with E-state index in [0.717, 1.165) is 47.2 Å². The fourth-order valence-corrected chi connectivity index (χ4v) is 12.9. The van der Waals surface area contributed by atoms with Gasteiger partial charge in [0.25, 0.3) is 5.56 Å². The Kier molecular flexibility index (Phi) is 16.9. The Hall–Kier alpha value is -8.07. The van der Waals surface area contributed by atoms with Crippen LogP contribution in [-0.2, 0) is 22.4 Å². The number of aromatic nitrogens is 4. The van der Waals surface area contributed by atoms with E-state index in [0.29, 0.717) is 66.4 Å². The molecule has 0 radical (unpaired) electrons. The average Bonchev–Trinajstić information content (AvgIpc) is 2.91. The molecule has 3 heterocycles. The number of nitrogens with zero attached hydrogens (tertiary/aromatic N) is 4. The summed E-state index contributed by atoms with van der Waals surface area (Å²) in [5.41, 5.74) is 9.26. The maximum absolute atomic E-state index is 14.6. The Morgan fingerprint density at radius 3 is 1.88 bits per heavy atom. The number of para-hydroxylation sites is 2. The largest absolute Gasteiger partial charge is 0.413 e. The summed E-state index contributed by atoms with van der Waals surface area (Å²) in [5, 5.41) is 6.16. The quantitative estimate of drug-likeness (QED) is 0.0647. The maximum atomic E-state index is 14.6. The SMILES string of the molecule is CCC[C@@H](c1nc2ccc(-c3ccc(-c4ccc(-c5cnc([C@@H]6CC(C)(C)CN6C(=O)[C@@H](NC(=O)Oc6ccccc6)C(C)C)[nH]5)cc4)c4c3CC3(CCCC3)C4)cc2c(=O)[nH]1)N(CCC)C(=O)[C@@H](NC(=O)Oc1ccccc1)C(C)C. The highest BCUT2D eigenvalue weighted by molar-refractivity contribution is 5.89. The molecule has 0 unspecified atom stereocenters. The van der Waals surface area contributed by atoms with Crippen LogP contribution in [0.15, 0.2) is 126 Å². The molecule has 15 nitrogen and oxygen atoms in total. The zero-order valence-corrected chi connectivity index (χ0v) is 48.6. The van der Waals surface area contributed by atoms with Gasteiger partial charge in [0.15, 0.2) is 0 Å². The number of rotatable bonds is 18. The van der Waals surface area contributed by atoms with Crippen LogP contribution < -0.4 is 25.7 Å². The lowest BCUT2D eigenvalue weighted by molar-refractivity contribution is -0.137. The highest BCUT2D eigenvalue weighted by atomic mass is 16.6. The fourth-order valence-electron chi connectivity index (χ4n) is 12.9. The van der Waals surface area contributed by atoms with Gasteiger partial charge in [0, 0.05) is 13.1 Å². The lowest BCUT2D eigenvalue weighted by Crippen LogP contribution is -2.53. The highest BCUT2D eigenvalue weighted by Gasteiger charge is 2.46. The van der Waals surface area contributed by atoms with Crippen LogP contribution in [0.3, 0.4) is 0 Å². The van der Waals surface area contributed by atoms with Gasteiger partial charge in [-0.1, -0.05) is 154 Å². The van der Waals surface area contributed by atoms with E-state index in [1.807, 2.05) is 76.9 Å². The van der Waals surface area contributed by atoms with E-state index >= 15 is 0 Å². The van der Waals surface area contributed by atoms with E-state index in [2.05, 4.69) is 76.9 Å². The van der Waals surface area contributed by atoms with Gasteiger partial charge in [-0.25, -0.2) is 19.6 Å². The topological polar surface area (TPSA) is 192 Å². The molecular weight excluding hydrogens is 1030 g/mol. The van der Waals surface area contributed by atoms with Crippen molar-refractivity contribution in [2.45, 2.75) is 144 Å². The molecule has 3 aliphatic rings. The maximum Gasteiger partial charge on any atom is 0.413 e.